The molecule has 0 unspecified atom stereocenters. The van der Waals surface area contributed by atoms with Crippen molar-refractivity contribution in [1.29, 1.82) is 0 Å². The van der Waals surface area contributed by atoms with Crippen LogP contribution in [0.2, 0.25) is 0 Å². The first-order valence-corrected chi connectivity index (χ1v) is 4.81. The Labute approximate surface area is 78.0 Å². The lowest BCUT2D eigenvalue weighted by Gasteiger charge is -2.07. The van der Waals surface area contributed by atoms with Crippen LogP contribution in [0.25, 0.3) is 0 Å². The van der Waals surface area contributed by atoms with Crippen LogP contribution in [-0.2, 0) is 9.63 Å². The minimum Gasteiger partial charge on any atom is -0.273 e. The van der Waals surface area contributed by atoms with Crippen molar-refractivity contribution in [3.63, 3.8) is 0 Å². The van der Waals surface area contributed by atoms with Crippen molar-refractivity contribution in [3.8, 4) is 0 Å². The van der Waals surface area contributed by atoms with Gasteiger partial charge in [0.25, 0.3) is 0 Å². The van der Waals surface area contributed by atoms with Crippen molar-refractivity contribution in [2.24, 2.45) is 0 Å². The number of hydrogen-bond donors (Lipinski definition) is 1. The van der Waals surface area contributed by atoms with Crippen LogP contribution in [0.5, 0.6) is 0 Å². The highest BCUT2D eigenvalue weighted by Crippen LogP contribution is 2.13. The molecule has 0 fully saturated rings. The summed E-state index contributed by atoms with van der Waals surface area (Å²) in [5.41, 5.74) is 1.70. The van der Waals surface area contributed by atoms with Crippen LogP contribution >= 0.6 is 11.8 Å². The number of carbonyl (C=O) groups excluding carboxylic acids is 1. The number of thioether (sulfide) groups is 1. The molecule has 0 atom stereocenters. The van der Waals surface area contributed by atoms with Crippen molar-refractivity contribution in [1.82, 2.24) is 5.48 Å². The average Bonchev–Trinajstić information content (AvgIpc) is 1.98. The van der Waals surface area contributed by atoms with Crippen LogP contribution in [-0.4, -0.2) is 30.7 Å². The lowest BCUT2D eigenvalue weighted by molar-refractivity contribution is -0.191. The Balaban J connectivity index is 3.37. The fraction of sp³-hybridized carbons (Fsp3) is 0.833. The summed E-state index contributed by atoms with van der Waals surface area (Å²) in [6.07, 6.45) is -2.46. The minimum absolute atomic E-state index is 0.152. The Morgan fingerprint density at radius 1 is 1.54 bits per heavy atom. The van der Waals surface area contributed by atoms with Crippen LogP contribution in [0.15, 0.2) is 0 Å². The normalized spacial score (nSPS) is 11.4. The van der Waals surface area contributed by atoms with E-state index in [1.165, 1.54) is 11.8 Å². The summed E-state index contributed by atoms with van der Waals surface area (Å²) >= 11 is 1.43. The first-order chi connectivity index (χ1) is 5.95. The quantitative estimate of drug-likeness (QED) is 0.706. The van der Waals surface area contributed by atoms with Crippen molar-refractivity contribution in [3.05, 3.63) is 0 Å². The molecule has 0 aliphatic carbocycles. The lowest BCUT2D eigenvalue weighted by atomic mass is 10.5. The monoisotopic (exact) mass is 217 g/mol. The van der Waals surface area contributed by atoms with E-state index in [4.69, 9.17) is 0 Å². The zero-order valence-electron chi connectivity index (χ0n) is 6.98. The van der Waals surface area contributed by atoms with Crippen molar-refractivity contribution in [2.45, 2.75) is 12.6 Å². The molecule has 0 bridgehead atoms. The van der Waals surface area contributed by atoms with E-state index in [0.717, 1.165) is 0 Å². The maximum Gasteiger partial charge on any atom is 0.414 e. The summed E-state index contributed by atoms with van der Waals surface area (Å²) in [6, 6.07) is 0. The summed E-state index contributed by atoms with van der Waals surface area (Å²) in [4.78, 5) is 14.6. The van der Waals surface area contributed by atoms with Gasteiger partial charge in [-0.05, 0) is 6.26 Å². The molecule has 0 radical (unpaired) electrons. The highest BCUT2D eigenvalue weighted by atomic mass is 32.2. The first-order valence-electron chi connectivity index (χ1n) is 3.42. The van der Waals surface area contributed by atoms with Crippen LogP contribution in [0.3, 0.4) is 0 Å². The molecule has 13 heavy (non-hydrogen) atoms. The second-order valence-corrected chi connectivity index (χ2v) is 3.16. The molecule has 0 aromatic carbocycles. The van der Waals surface area contributed by atoms with E-state index < -0.39 is 18.7 Å². The van der Waals surface area contributed by atoms with E-state index in [0.29, 0.717) is 5.75 Å². The number of nitrogens with one attached hydrogen (secondary N) is 1. The number of alkyl halides is 3. The molecule has 1 amide bonds. The molecule has 0 saturated heterocycles. The number of rotatable bonds is 5. The zero-order chi connectivity index (χ0) is 10.3. The standard InChI is InChI=1S/C6H10F3NO2S/c1-13-3-2-5(11)10-12-4-6(7,8)9/h2-4H2,1H3,(H,10,11). The Kier molecular flexibility index (Phi) is 5.89. The maximum absolute atomic E-state index is 11.5. The van der Waals surface area contributed by atoms with Gasteiger partial charge in [-0.3, -0.25) is 9.63 Å². The third-order valence-corrected chi connectivity index (χ3v) is 1.57. The smallest absolute Gasteiger partial charge is 0.273 e. The predicted octanol–water partition coefficient (Wildman–Crippen LogP) is 1.35. The van der Waals surface area contributed by atoms with E-state index >= 15 is 0 Å². The summed E-state index contributed by atoms with van der Waals surface area (Å²) in [5.74, 6) is 0.0138. The summed E-state index contributed by atoms with van der Waals surface area (Å²) in [5, 5.41) is 0. The third-order valence-electron chi connectivity index (χ3n) is 0.955. The topological polar surface area (TPSA) is 38.3 Å². The molecule has 0 aromatic heterocycles. The first kappa shape index (κ1) is 12.6. The molecule has 0 rings (SSSR count). The van der Waals surface area contributed by atoms with Gasteiger partial charge in [0.05, 0.1) is 0 Å². The molecule has 0 aliphatic heterocycles. The van der Waals surface area contributed by atoms with Gasteiger partial charge in [0.1, 0.15) is 0 Å². The Bertz CT molecular complexity index is 162. The second kappa shape index (κ2) is 6.09. The van der Waals surface area contributed by atoms with Gasteiger partial charge in [0.2, 0.25) is 5.91 Å². The van der Waals surface area contributed by atoms with Crippen molar-refractivity contribution in [2.75, 3.05) is 18.6 Å². The molecule has 0 spiro atoms. The molecule has 0 aromatic rings. The van der Waals surface area contributed by atoms with E-state index in [2.05, 4.69) is 4.84 Å². The van der Waals surface area contributed by atoms with Gasteiger partial charge in [0, 0.05) is 12.2 Å². The molecule has 3 nitrogen and oxygen atoms in total. The molecule has 0 saturated carbocycles. The summed E-state index contributed by atoms with van der Waals surface area (Å²) in [7, 11) is 0. The van der Waals surface area contributed by atoms with Gasteiger partial charge in [-0.25, -0.2) is 5.48 Å². The molecule has 0 aliphatic rings. The van der Waals surface area contributed by atoms with Crippen molar-refractivity contribution < 1.29 is 22.8 Å². The highest BCUT2D eigenvalue weighted by molar-refractivity contribution is 7.98. The van der Waals surface area contributed by atoms with Gasteiger partial charge < -0.3 is 0 Å². The van der Waals surface area contributed by atoms with Gasteiger partial charge in [0.15, 0.2) is 6.61 Å². The minimum atomic E-state index is -4.41. The Morgan fingerprint density at radius 2 is 2.15 bits per heavy atom. The van der Waals surface area contributed by atoms with Gasteiger partial charge in [-0.15, -0.1) is 0 Å². The Hall–Kier alpha value is -0.430. The molecule has 1 N–H and O–H groups in total. The van der Waals surface area contributed by atoms with E-state index in [1.54, 1.807) is 11.7 Å². The van der Waals surface area contributed by atoms with Crippen LogP contribution in [0.1, 0.15) is 6.42 Å². The Morgan fingerprint density at radius 3 is 2.62 bits per heavy atom. The van der Waals surface area contributed by atoms with E-state index in [1.807, 2.05) is 0 Å². The fourth-order valence-corrected chi connectivity index (χ4v) is 0.834. The second-order valence-electron chi connectivity index (χ2n) is 2.17. The molecular weight excluding hydrogens is 207 g/mol. The van der Waals surface area contributed by atoms with Gasteiger partial charge in [-0.2, -0.15) is 24.9 Å². The van der Waals surface area contributed by atoms with Gasteiger partial charge >= 0.3 is 6.18 Å². The summed E-state index contributed by atoms with van der Waals surface area (Å²) in [6.45, 7) is -1.46. The van der Waals surface area contributed by atoms with Gasteiger partial charge in [-0.1, -0.05) is 0 Å². The lowest BCUT2D eigenvalue weighted by Crippen LogP contribution is -2.29. The molecule has 7 heteroatoms. The number of amides is 1. The van der Waals surface area contributed by atoms with E-state index in [-0.39, 0.29) is 6.42 Å². The molecule has 0 heterocycles. The average molecular weight is 217 g/mol. The number of hydroxylamine groups is 1. The fourth-order valence-electron chi connectivity index (χ4n) is 0.444. The number of hydrogen-bond acceptors (Lipinski definition) is 3. The van der Waals surface area contributed by atoms with Crippen LogP contribution < -0.4 is 5.48 Å². The molecule has 78 valence electrons. The number of halogens is 3. The zero-order valence-corrected chi connectivity index (χ0v) is 7.80. The third kappa shape index (κ3) is 9.48. The van der Waals surface area contributed by atoms with Crippen LogP contribution in [0, 0.1) is 0 Å². The predicted molar refractivity (Wildman–Crippen MR) is 43.1 cm³/mol. The highest BCUT2D eigenvalue weighted by Gasteiger charge is 2.28. The summed E-state index contributed by atoms with van der Waals surface area (Å²) < 4.78 is 34.4. The van der Waals surface area contributed by atoms with Crippen LogP contribution in [0.4, 0.5) is 13.2 Å². The maximum atomic E-state index is 11.5. The van der Waals surface area contributed by atoms with E-state index in [9.17, 15) is 18.0 Å². The number of carbonyl (C=O) groups is 1. The molecular formula is C6H10F3NO2S. The SMILES string of the molecule is CSCCC(=O)NOCC(F)(F)F. The largest absolute Gasteiger partial charge is 0.414 e. The van der Waals surface area contributed by atoms with Crippen molar-refractivity contribution >= 4 is 17.7 Å².